The maximum atomic E-state index is 13.0. The summed E-state index contributed by atoms with van der Waals surface area (Å²) in [7, 11) is 0. The molecule has 10 nitrogen and oxygen atoms in total. The number of nitro groups is 1. The molecule has 2 fully saturated rings. The second-order valence-electron chi connectivity index (χ2n) is 8.31. The first kappa shape index (κ1) is 25.0. The number of β-lactam (4-membered cyclic amide) rings is 1. The van der Waals surface area contributed by atoms with Gasteiger partial charge >= 0.3 is 5.97 Å². The molecule has 184 valence electrons. The van der Waals surface area contributed by atoms with Gasteiger partial charge in [-0.15, -0.1) is 11.8 Å². The highest BCUT2D eigenvalue weighted by molar-refractivity contribution is 9.10. The Labute approximate surface area is 213 Å². The van der Waals surface area contributed by atoms with Gasteiger partial charge in [-0.25, -0.2) is 4.79 Å². The smallest absolute Gasteiger partial charge is 0.330 e. The lowest BCUT2D eigenvalue weighted by Crippen LogP contribution is -2.78. The van der Waals surface area contributed by atoms with Gasteiger partial charge in [0.05, 0.1) is 9.25 Å². The standard InChI is InChI=1S/C23H22BrN3O7S/c1-23(24)13-35-21-18(25-17(28)12-33-16-5-3-2-4-6-16)20(29)26(21)19(23)22(30)34-11-14-7-9-15(10-8-14)27(31)32/h2-10,18-19,21H,11-13H2,1H3,(H,25,28)/t18?,19?,21-,23?/m1/s1. The Hall–Kier alpha value is -3.12. The molecule has 0 aliphatic carbocycles. The molecule has 2 aromatic rings. The molecule has 2 aromatic carbocycles. The molecule has 0 saturated carbocycles. The number of rotatable bonds is 8. The minimum Gasteiger partial charge on any atom is -0.484 e. The van der Waals surface area contributed by atoms with Gasteiger partial charge in [-0.2, -0.15) is 0 Å². The van der Waals surface area contributed by atoms with Crippen molar-refractivity contribution in [2.75, 3.05) is 12.4 Å². The molecule has 35 heavy (non-hydrogen) atoms. The van der Waals surface area contributed by atoms with Crippen LogP contribution in [0.1, 0.15) is 12.5 Å². The van der Waals surface area contributed by atoms with Crippen molar-refractivity contribution in [3.8, 4) is 5.75 Å². The fraction of sp³-hybridized carbons (Fsp3) is 0.348. The van der Waals surface area contributed by atoms with Crippen molar-refractivity contribution in [3.05, 3.63) is 70.3 Å². The number of non-ortho nitro benzene ring substituents is 1. The number of hydrogen-bond acceptors (Lipinski definition) is 8. The molecule has 0 bridgehead atoms. The molecule has 2 amide bonds. The molecule has 3 unspecified atom stereocenters. The fourth-order valence-corrected chi connectivity index (χ4v) is 6.10. The number of halogens is 1. The molecule has 0 spiro atoms. The number of para-hydroxylation sites is 1. The Morgan fingerprint density at radius 1 is 1.23 bits per heavy atom. The van der Waals surface area contributed by atoms with Crippen LogP contribution in [0.4, 0.5) is 5.69 Å². The maximum absolute atomic E-state index is 13.0. The SMILES string of the molecule is CC1(Br)CS[C@@H]2C(NC(=O)COc3ccccc3)C(=O)N2C1C(=O)OCc1ccc([N+](=O)[O-])cc1. The van der Waals surface area contributed by atoms with E-state index in [9.17, 15) is 24.5 Å². The summed E-state index contributed by atoms with van der Waals surface area (Å²) >= 11 is 5.02. The van der Waals surface area contributed by atoms with E-state index >= 15 is 0 Å². The topological polar surface area (TPSA) is 128 Å². The summed E-state index contributed by atoms with van der Waals surface area (Å²) in [6.07, 6.45) is 0. The van der Waals surface area contributed by atoms with Crippen LogP contribution >= 0.6 is 27.7 Å². The predicted molar refractivity (Wildman–Crippen MR) is 131 cm³/mol. The molecule has 2 aliphatic heterocycles. The first-order valence-electron chi connectivity index (χ1n) is 10.7. The minimum atomic E-state index is -0.895. The Balaban J connectivity index is 1.36. The van der Waals surface area contributed by atoms with Crippen LogP contribution in [0.5, 0.6) is 5.75 Å². The zero-order valence-electron chi connectivity index (χ0n) is 18.6. The number of ether oxygens (including phenoxy) is 2. The third kappa shape index (κ3) is 5.43. The highest BCUT2D eigenvalue weighted by Gasteiger charge is 2.61. The summed E-state index contributed by atoms with van der Waals surface area (Å²) in [5.74, 6) is -0.359. The van der Waals surface area contributed by atoms with Crippen LogP contribution in [-0.4, -0.2) is 61.7 Å². The zero-order valence-corrected chi connectivity index (χ0v) is 21.0. The van der Waals surface area contributed by atoms with Crippen molar-refractivity contribution >= 4 is 51.2 Å². The lowest BCUT2D eigenvalue weighted by Gasteiger charge is -2.56. The van der Waals surface area contributed by atoms with Crippen LogP contribution in [0.15, 0.2) is 54.6 Å². The van der Waals surface area contributed by atoms with E-state index in [1.807, 2.05) is 6.07 Å². The van der Waals surface area contributed by atoms with Crippen LogP contribution in [-0.2, 0) is 25.7 Å². The quantitative estimate of drug-likeness (QED) is 0.171. The monoisotopic (exact) mass is 563 g/mol. The van der Waals surface area contributed by atoms with Crippen molar-refractivity contribution in [2.24, 2.45) is 0 Å². The summed E-state index contributed by atoms with van der Waals surface area (Å²) < 4.78 is 10.2. The minimum absolute atomic E-state index is 0.0614. The Morgan fingerprint density at radius 3 is 2.57 bits per heavy atom. The fourth-order valence-electron chi connectivity index (χ4n) is 3.87. The summed E-state index contributed by atoms with van der Waals surface area (Å²) in [6, 6.07) is 12.9. The van der Waals surface area contributed by atoms with Gasteiger partial charge in [-0.3, -0.25) is 19.7 Å². The first-order chi connectivity index (χ1) is 16.7. The number of benzene rings is 2. The summed E-state index contributed by atoms with van der Waals surface area (Å²) in [6.45, 7) is 1.48. The van der Waals surface area contributed by atoms with Crippen LogP contribution in [0, 0.1) is 10.1 Å². The summed E-state index contributed by atoms with van der Waals surface area (Å²) in [4.78, 5) is 50.0. The van der Waals surface area contributed by atoms with Gasteiger partial charge in [-0.05, 0) is 36.8 Å². The van der Waals surface area contributed by atoms with E-state index in [2.05, 4.69) is 21.2 Å². The van der Waals surface area contributed by atoms with Crippen molar-refractivity contribution < 1.29 is 28.8 Å². The molecule has 4 atom stereocenters. The number of carbonyl (C=O) groups is 3. The maximum Gasteiger partial charge on any atom is 0.330 e. The second-order valence-corrected chi connectivity index (χ2v) is 11.2. The molecule has 1 N–H and O–H groups in total. The van der Waals surface area contributed by atoms with E-state index in [1.165, 1.54) is 40.9 Å². The number of alkyl halides is 1. The van der Waals surface area contributed by atoms with Crippen molar-refractivity contribution in [3.63, 3.8) is 0 Å². The summed E-state index contributed by atoms with van der Waals surface area (Å²) in [5, 5.41) is 13.1. The van der Waals surface area contributed by atoms with E-state index in [0.717, 1.165) is 0 Å². The Bertz CT molecular complexity index is 1130. The average Bonchev–Trinajstić information content (AvgIpc) is 2.85. The largest absolute Gasteiger partial charge is 0.484 e. The van der Waals surface area contributed by atoms with E-state index in [4.69, 9.17) is 9.47 Å². The number of esters is 1. The Kier molecular flexibility index (Phi) is 7.31. The van der Waals surface area contributed by atoms with Gasteiger partial charge in [-0.1, -0.05) is 34.1 Å². The molecule has 4 rings (SSSR count). The number of nitrogens with one attached hydrogen (secondary N) is 1. The van der Waals surface area contributed by atoms with Gasteiger partial charge < -0.3 is 19.7 Å². The number of nitro benzene ring substituents is 1. The van der Waals surface area contributed by atoms with Crippen LogP contribution in [0.25, 0.3) is 0 Å². The van der Waals surface area contributed by atoms with Crippen molar-refractivity contribution in [1.82, 2.24) is 10.2 Å². The zero-order chi connectivity index (χ0) is 25.2. The molecule has 2 heterocycles. The van der Waals surface area contributed by atoms with Gasteiger partial charge in [0.1, 0.15) is 29.8 Å². The van der Waals surface area contributed by atoms with Gasteiger partial charge in [0.2, 0.25) is 5.91 Å². The molecule has 2 aliphatic rings. The number of carbonyl (C=O) groups excluding carboxylic acids is 3. The van der Waals surface area contributed by atoms with E-state index in [1.54, 1.807) is 31.2 Å². The number of hydrogen-bond donors (Lipinski definition) is 1. The highest BCUT2D eigenvalue weighted by atomic mass is 79.9. The van der Waals surface area contributed by atoms with E-state index < -0.39 is 38.6 Å². The van der Waals surface area contributed by atoms with Gasteiger partial charge in [0, 0.05) is 17.9 Å². The Morgan fingerprint density at radius 2 is 1.91 bits per heavy atom. The van der Waals surface area contributed by atoms with Crippen LogP contribution in [0.3, 0.4) is 0 Å². The molecule has 0 aromatic heterocycles. The molecule has 12 heteroatoms. The first-order valence-corrected chi connectivity index (χ1v) is 12.5. The molecule has 0 radical (unpaired) electrons. The molecule has 2 saturated heterocycles. The number of amides is 2. The van der Waals surface area contributed by atoms with Crippen molar-refractivity contribution in [1.29, 1.82) is 0 Å². The normalized spacial score (nSPS) is 25.1. The van der Waals surface area contributed by atoms with E-state index in [-0.39, 0.29) is 24.8 Å². The van der Waals surface area contributed by atoms with E-state index in [0.29, 0.717) is 17.1 Å². The second kappa shape index (κ2) is 10.2. The third-order valence-electron chi connectivity index (χ3n) is 5.65. The lowest BCUT2D eigenvalue weighted by atomic mass is 9.94. The number of thioether (sulfide) groups is 1. The molecular formula is C23H22BrN3O7S. The molecular weight excluding hydrogens is 542 g/mol. The number of nitrogens with zero attached hydrogens (tertiary/aromatic N) is 2. The number of fused-ring (bicyclic) bond motifs is 1. The van der Waals surface area contributed by atoms with Gasteiger partial charge in [0.15, 0.2) is 6.61 Å². The van der Waals surface area contributed by atoms with Gasteiger partial charge in [0.25, 0.3) is 11.6 Å². The highest BCUT2D eigenvalue weighted by Crippen LogP contribution is 2.46. The van der Waals surface area contributed by atoms with Crippen LogP contribution in [0.2, 0.25) is 0 Å². The average molecular weight is 564 g/mol. The van der Waals surface area contributed by atoms with Crippen molar-refractivity contribution in [2.45, 2.75) is 35.3 Å². The predicted octanol–water partition coefficient (Wildman–Crippen LogP) is 2.64. The lowest BCUT2D eigenvalue weighted by molar-refractivity contribution is -0.384. The van der Waals surface area contributed by atoms with Crippen LogP contribution < -0.4 is 10.1 Å². The summed E-state index contributed by atoms with van der Waals surface area (Å²) in [5.41, 5.74) is 0.522. The third-order valence-corrected chi connectivity index (χ3v) is 8.34.